The minimum atomic E-state index is -0.0354. The zero-order valence-electron chi connectivity index (χ0n) is 15.7. The van der Waals surface area contributed by atoms with Gasteiger partial charge in [-0.1, -0.05) is 6.07 Å². The summed E-state index contributed by atoms with van der Waals surface area (Å²) in [7, 11) is 3.13. The van der Waals surface area contributed by atoms with Gasteiger partial charge in [-0.3, -0.25) is 4.79 Å². The van der Waals surface area contributed by atoms with Crippen LogP contribution in [0.15, 0.2) is 30.6 Å². The summed E-state index contributed by atoms with van der Waals surface area (Å²) in [6.07, 6.45) is 4.10. The Labute approximate surface area is 158 Å². The first kappa shape index (κ1) is 17.6. The molecule has 7 heteroatoms. The molecule has 0 atom stereocenters. The summed E-state index contributed by atoms with van der Waals surface area (Å²) in [5.41, 5.74) is 1.67. The molecular weight excluding hydrogens is 344 g/mol. The van der Waals surface area contributed by atoms with Gasteiger partial charge in [0.15, 0.2) is 11.5 Å². The van der Waals surface area contributed by atoms with Crippen LogP contribution in [0.25, 0.3) is 0 Å². The van der Waals surface area contributed by atoms with Gasteiger partial charge in [-0.15, -0.1) is 0 Å². The standard InChI is InChI=1S/C20H24N4O3/c1-26-17-5-3-4-15(19(17)27-2)20(25)24-10-8-23(9-11-24)18-12-16(14-6-7-14)21-13-22-18/h3-5,12-14H,6-11H2,1-2H3. The number of anilines is 1. The summed E-state index contributed by atoms with van der Waals surface area (Å²) in [5.74, 6) is 2.58. The van der Waals surface area contributed by atoms with E-state index in [1.165, 1.54) is 12.8 Å². The largest absolute Gasteiger partial charge is 0.493 e. The number of aromatic nitrogens is 2. The van der Waals surface area contributed by atoms with Gasteiger partial charge in [0, 0.05) is 43.9 Å². The molecule has 0 bridgehead atoms. The van der Waals surface area contributed by atoms with E-state index in [-0.39, 0.29) is 5.91 Å². The van der Waals surface area contributed by atoms with Gasteiger partial charge < -0.3 is 19.3 Å². The van der Waals surface area contributed by atoms with Gasteiger partial charge in [0.25, 0.3) is 5.91 Å². The van der Waals surface area contributed by atoms with Crippen molar-refractivity contribution in [2.45, 2.75) is 18.8 Å². The van der Waals surface area contributed by atoms with Crippen molar-refractivity contribution in [2.24, 2.45) is 0 Å². The van der Waals surface area contributed by atoms with E-state index in [1.54, 1.807) is 32.7 Å². The first-order valence-electron chi connectivity index (χ1n) is 9.28. The number of nitrogens with zero attached hydrogens (tertiary/aromatic N) is 4. The normalized spacial score (nSPS) is 17.0. The number of amides is 1. The Morgan fingerprint density at radius 3 is 2.52 bits per heavy atom. The Morgan fingerprint density at radius 1 is 1.07 bits per heavy atom. The van der Waals surface area contributed by atoms with E-state index in [4.69, 9.17) is 9.47 Å². The maximum Gasteiger partial charge on any atom is 0.257 e. The van der Waals surface area contributed by atoms with Crippen LogP contribution in [0.5, 0.6) is 11.5 Å². The van der Waals surface area contributed by atoms with Crippen LogP contribution < -0.4 is 14.4 Å². The lowest BCUT2D eigenvalue weighted by molar-refractivity contribution is 0.0742. The van der Waals surface area contributed by atoms with Crippen molar-refractivity contribution in [3.05, 3.63) is 41.9 Å². The van der Waals surface area contributed by atoms with E-state index in [0.717, 1.165) is 24.6 Å². The highest BCUT2D eigenvalue weighted by atomic mass is 16.5. The number of ether oxygens (including phenoxy) is 2. The van der Waals surface area contributed by atoms with Crippen LogP contribution in [0.2, 0.25) is 0 Å². The summed E-state index contributed by atoms with van der Waals surface area (Å²) in [5, 5.41) is 0. The van der Waals surface area contributed by atoms with E-state index in [0.29, 0.717) is 36.1 Å². The molecule has 142 valence electrons. The van der Waals surface area contributed by atoms with Crippen molar-refractivity contribution < 1.29 is 14.3 Å². The molecule has 2 heterocycles. The zero-order chi connectivity index (χ0) is 18.8. The Kier molecular flexibility index (Phi) is 4.83. The molecule has 27 heavy (non-hydrogen) atoms. The van der Waals surface area contributed by atoms with Crippen LogP contribution in [0.4, 0.5) is 5.82 Å². The Morgan fingerprint density at radius 2 is 1.85 bits per heavy atom. The van der Waals surface area contributed by atoms with Gasteiger partial charge in [0.2, 0.25) is 0 Å². The Balaban J connectivity index is 1.45. The molecule has 1 saturated carbocycles. The average molecular weight is 368 g/mol. The Hall–Kier alpha value is -2.83. The molecule has 0 spiro atoms. The predicted molar refractivity (Wildman–Crippen MR) is 102 cm³/mol. The van der Waals surface area contributed by atoms with E-state index >= 15 is 0 Å². The van der Waals surface area contributed by atoms with Crippen molar-refractivity contribution in [2.75, 3.05) is 45.3 Å². The fraction of sp³-hybridized carbons (Fsp3) is 0.450. The highest BCUT2D eigenvalue weighted by molar-refractivity contribution is 5.98. The second-order valence-electron chi connectivity index (χ2n) is 6.90. The second kappa shape index (κ2) is 7.42. The summed E-state index contributed by atoms with van der Waals surface area (Å²) in [6, 6.07) is 7.48. The van der Waals surface area contributed by atoms with Crippen LogP contribution in [0, 0.1) is 0 Å². The molecule has 0 radical (unpaired) electrons. The van der Waals surface area contributed by atoms with Crippen molar-refractivity contribution in [3.63, 3.8) is 0 Å². The van der Waals surface area contributed by atoms with Crippen molar-refractivity contribution in [1.29, 1.82) is 0 Å². The number of piperazine rings is 1. The SMILES string of the molecule is COc1cccc(C(=O)N2CCN(c3cc(C4CC4)ncn3)CC2)c1OC. The van der Waals surface area contributed by atoms with Crippen LogP contribution in [0.3, 0.4) is 0 Å². The van der Waals surface area contributed by atoms with Gasteiger partial charge in [0.05, 0.1) is 19.8 Å². The molecular formula is C20H24N4O3. The number of rotatable bonds is 5. The highest BCUT2D eigenvalue weighted by Gasteiger charge is 2.28. The number of benzene rings is 1. The number of carbonyl (C=O) groups excluding carboxylic acids is 1. The van der Waals surface area contributed by atoms with Gasteiger partial charge in [-0.25, -0.2) is 9.97 Å². The topological polar surface area (TPSA) is 67.8 Å². The average Bonchev–Trinajstić information content (AvgIpc) is 3.58. The maximum atomic E-state index is 13.0. The first-order valence-corrected chi connectivity index (χ1v) is 9.28. The van der Waals surface area contributed by atoms with Crippen molar-refractivity contribution in [1.82, 2.24) is 14.9 Å². The van der Waals surface area contributed by atoms with E-state index in [9.17, 15) is 4.79 Å². The third-order valence-corrected chi connectivity index (χ3v) is 5.19. The lowest BCUT2D eigenvalue weighted by Crippen LogP contribution is -2.49. The monoisotopic (exact) mass is 368 g/mol. The molecule has 1 saturated heterocycles. The second-order valence-corrected chi connectivity index (χ2v) is 6.90. The van der Waals surface area contributed by atoms with Crippen LogP contribution in [-0.2, 0) is 0 Å². The van der Waals surface area contributed by atoms with Crippen molar-refractivity contribution >= 4 is 11.7 Å². The number of para-hydroxylation sites is 1. The number of carbonyl (C=O) groups is 1. The molecule has 2 fully saturated rings. The molecule has 7 nitrogen and oxygen atoms in total. The van der Waals surface area contributed by atoms with Gasteiger partial charge in [-0.2, -0.15) is 0 Å². The first-order chi connectivity index (χ1) is 13.2. The third kappa shape index (κ3) is 3.54. The van der Waals surface area contributed by atoms with E-state index in [2.05, 4.69) is 20.9 Å². The zero-order valence-corrected chi connectivity index (χ0v) is 15.7. The molecule has 0 unspecified atom stereocenters. The summed E-state index contributed by atoms with van der Waals surface area (Å²) in [4.78, 5) is 25.9. The fourth-order valence-electron chi connectivity index (χ4n) is 3.50. The molecule has 1 aromatic carbocycles. The lowest BCUT2D eigenvalue weighted by Gasteiger charge is -2.35. The van der Waals surface area contributed by atoms with E-state index < -0.39 is 0 Å². The quantitative estimate of drug-likeness (QED) is 0.807. The molecule has 2 aromatic rings. The van der Waals surface area contributed by atoms with Crippen LogP contribution >= 0.6 is 0 Å². The molecule has 1 aliphatic heterocycles. The molecule has 0 N–H and O–H groups in total. The number of hydrogen-bond donors (Lipinski definition) is 0. The maximum absolute atomic E-state index is 13.0. The minimum Gasteiger partial charge on any atom is -0.493 e. The van der Waals surface area contributed by atoms with Gasteiger partial charge in [-0.05, 0) is 25.0 Å². The molecule has 1 amide bonds. The molecule has 1 aromatic heterocycles. The highest BCUT2D eigenvalue weighted by Crippen LogP contribution is 2.39. The fourth-order valence-corrected chi connectivity index (χ4v) is 3.50. The smallest absolute Gasteiger partial charge is 0.257 e. The lowest BCUT2D eigenvalue weighted by atomic mass is 10.1. The number of hydrogen-bond acceptors (Lipinski definition) is 6. The van der Waals surface area contributed by atoms with Crippen molar-refractivity contribution in [3.8, 4) is 11.5 Å². The van der Waals surface area contributed by atoms with Gasteiger partial charge in [0.1, 0.15) is 12.1 Å². The molecule has 2 aliphatic rings. The third-order valence-electron chi connectivity index (χ3n) is 5.19. The Bertz CT molecular complexity index is 830. The van der Waals surface area contributed by atoms with Crippen LogP contribution in [-0.4, -0.2) is 61.2 Å². The molecule has 1 aliphatic carbocycles. The molecule has 4 rings (SSSR count). The summed E-state index contributed by atoms with van der Waals surface area (Å²) in [6.45, 7) is 2.78. The minimum absolute atomic E-state index is 0.0354. The van der Waals surface area contributed by atoms with Crippen LogP contribution in [0.1, 0.15) is 34.8 Å². The van der Waals surface area contributed by atoms with E-state index in [1.807, 2.05) is 11.0 Å². The number of methoxy groups -OCH3 is 2. The summed E-state index contributed by atoms with van der Waals surface area (Å²) >= 11 is 0. The van der Waals surface area contributed by atoms with Gasteiger partial charge >= 0.3 is 0 Å². The predicted octanol–water partition coefficient (Wildman–Crippen LogP) is 2.33. The summed E-state index contributed by atoms with van der Waals surface area (Å²) < 4.78 is 10.7.